The van der Waals surface area contributed by atoms with Crippen LogP contribution in [0.15, 0.2) is 61.2 Å². The number of rotatable bonds is 11. The second kappa shape index (κ2) is 12.3. The topological polar surface area (TPSA) is 108 Å². The third-order valence-electron chi connectivity index (χ3n) is 8.75. The zero-order chi connectivity index (χ0) is 30.0. The number of carbonyl (C=O) groups is 1. The number of benzene rings is 2. The molecule has 0 saturated carbocycles. The highest BCUT2D eigenvalue weighted by molar-refractivity contribution is 5.93. The van der Waals surface area contributed by atoms with Crippen molar-refractivity contribution in [1.29, 1.82) is 0 Å². The third kappa shape index (κ3) is 5.65. The van der Waals surface area contributed by atoms with Crippen LogP contribution < -0.4 is 4.74 Å². The summed E-state index contributed by atoms with van der Waals surface area (Å²) in [5.41, 5.74) is 5.49. The molecule has 2 aromatic carbocycles. The van der Waals surface area contributed by atoms with Crippen LogP contribution in [0.1, 0.15) is 58.9 Å². The Morgan fingerprint density at radius 1 is 1.11 bits per heavy atom. The number of aromatic nitrogens is 5. The molecule has 2 aliphatic rings. The molecule has 2 aliphatic heterocycles. The Morgan fingerprint density at radius 3 is 2.84 bits per heavy atom. The maximum absolute atomic E-state index is 13.0. The van der Waals surface area contributed by atoms with Crippen molar-refractivity contribution in [3.8, 4) is 5.75 Å². The van der Waals surface area contributed by atoms with Crippen molar-refractivity contribution >= 4 is 27.9 Å². The van der Waals surface area contributed by atoms with Crippen LogP contribution in [-0.4, -0.2) is 66.2 Å². The molecule has 2 unspecified atom stereocenters. The number of imidazole rings is 1. The van der Waals surface area contributed by atoms with Crippen molar-refractivity contribution in [3.63, 3.8) is 0 Å². The molecule has 0 aliphatic carbocycles. The van der Waals surface area contributed by atoms with E-state index in [1.54, 1.807) is 35.5 Å². The van der Waals surface area contributed by atoms with Crippen LogP contribution in [0.3, 0.4) is 0 Å². The summed E-state index contributed by atoms with van der Waals surface area (Å²) >= 11 is 0. The number of nitrogens with zero attached hydrogens (tertiary/aromatic N) is 6. The number of alkyl halides is 1. The molecule has 2 fully saturated rings. The summed E-state index contributed by atoms with van der Waals surface area (Å²) in [6.45, 7) is 2.90. The number of hydrogen-bond acceptors (Lipinski definition) is 7. The van der Waals surface area contributed by atoms with Crippen molar-refractivity contribution in [2.24, 2.45) is 0 Å². The van der Waals surface area contributed by atoms with Gasteiger partial charge in [-0.3, -0.25) is 14.6 Å². The number of likely N-dealkylation sites (tertiary alicyclic amines) is 1. The number of carboxylic acids is 1. The van der Waals surface area contributed by atoms with Crippen molar-refractivity contribution in [3.05, 3.63) is 83.6 Å². The van der Waals surface area contributed by atoms with Gasteiger partial charge in [0.15, 0.2) is 0 Å². The van der Waals surface area contributed by atoms with Gasteiger partial charge in [0, 0.05) is 24.7 Å². The Kier molecular flexibility index (Phi) is 7.97. The average Bonchev–Trinajstić information content (AvgIpc) is 3.62. The molecule has 10 nitrogen and oxygen atoms in total. The Bertz CT molecular complexity index is 1800. The number of carboxylic acid groups (broad SMARTS) is 1. The molecule has 3 aromatic heterocycles. The van der Waals surface area contributed by atoms with Gasteiger partial charge in [-0.1, -0.05) is 18.6 Å². The lowest BCUT2D eigenvalue weighted by molar-refractivity contribution is -0.0586. The average molecular weight is 599 g/mol. The summed E-state index contributed by atoms with van der Waals surface area (Å²) in [7, 11) is 0. The molecule has 2 saturated heterocycles. The van der Waals surface area contributed by atoms with E-state index in [1.165, 1.54) is 0 Å². The SMILES string of the molecule is O=C(O)c1cc(CN2CCCCC2c2ncccc2OCc2ccc3cnn(CCF)c3c2)c2ncn(CC3CCO3)c2c1. The number of halogens is 1. The zero-order valence-electron chi connectivity index (χ0n) is 24.4. The predicted octanol–water partition coefficient (Wildman–Crippen LogP) is 5.54. The minimum absolute atomic E-state index is 0.00223. The number of pyridine rings is 1. The van der Waals surface area contributed by atoms with E-state index < -0.39 is 12.6 Å². The van der Waals surface area contributed by atoms with Gasteiger partial charge in [-0.05, 0) is 67.3 Å². The molecule has 228 valence electrons. The van der Waals surface area contributed by atoms with Gasteiger partial charge in [0.1, 0.15) is 19.0 Å². The first-order chi connectivity index (χ1) is 21.6. The minimum atomic E-state index is -0.956. The first-order valence-corrected chi connectivity index (χ1v) is 15.2. The fraction of sp³-hybridized carbons (Fsp3) is 0.394. The van der Waals surface area contributed by atoms with Crippen molar-refractivity contribution in [1.82, 2.24) is 29.2 Å². The van der Waals surface area contributed by atoms with Gasteiger partial charge in [-0.25, -0.2) is 14.2 Å². The van der Waals surface area contributed by atoms with Crippen molar-refractivity contribution in [2.45, 2.75) is 64.1 Å². The van der Waals surface area contributed by atoms with Gasteiger partial charge in [-0.2, -0.15) is 5.10 Å². The quantitative estimate of drug-likeness (QED) is 0.211. The molecule has 2 atom stereocenters. The molecule has 5 heterocycles. The molecule has 0 spiro atoms. The highest BCUT2D eigenvalue weighted by atomic mass is 19.1. The first kappa shape index (κ1) is 28.4. The lowest BCUT2D eigenvalue weighted by Crippen LogP contribution is -2.34. The zero-order valence-corrected chi connectivity index (χ0v) is 24.4. The fourth-order valence-corrected chi connectivity index (χ4v) is 6.38. The van der Waals surface area contributed by atoms with Crippen LogP contribution in [-0.2, 0) is 31.0 Å². The lowest BCUT2D eigenvalue weighted by atomic mass is 9.96. The van der Waals surface area contributed by atoms with Crippen LogP contribution in [0.5, 0.6) is 5.75 Å². The number of aromatic carboxylic acids is 1. The number of ether oxygens (including phenoxy) is 2. The van der Waals surface area contributed by atoms with Gasteiger partial charge >= 0.3 is 5.97 Å². The monoisotopic (exact) mass is 598 g/mol. The van der Waals surface area contributed by atoms with Crippen molar-refractivity contribution in [2.75, 3.05) is 19.8 Å². The van der Waals surface area contributed by atoms with E-state index in [2.05, 4.69) is 10.00 Å². The standard InChI is InChI=1S/C33H35FN6O4/c34-9-12-40-28-14-22(6-7-23(28)17-37-40)20-44-30-5-3-10-35-32(30)27-4-1-2-11-38(27)18-25-15-24(33(41)42)16-29-31(25)36-21-39(29)19-26-8-13-43-26/h3,5-7,10,14-17,21,26-27H,1-2,4,8-9,11-13,18-20H2,(H,41,42). The minimum Gasteiger partial charge on any atom is -0.487 e. The van der Waals surface area contributed by atoms with Crippen LogP contribution in [0.25, 0.3) is 21.9 Å². The molecular formula is C33H35FN6O4. The highest BCUT2D eigenvalue weighted by Gasteiger charge is 2.29. The Labute approximate surface area is 254 Å². The molecular weight excluding hydrogens is 563 g/mol. The van der Waals surface area contributed by atoms with E-state index in [4.69, 9.17) is 19.4 Å². The second-order valence-corrected chi connectivity index (χ2v) is 11.6. The predicted molar refractivity (Wildman–Crippen MR) is 162 cm³/mol. The first-order valence-electron chi connectivity index (χ1n) is 15.2. The van der Waals surface area contributed by atoms with Gasteiger partial charge in [-0.15, -0.1) is 0 Å². The normalized spacial score (nSPS) is 18.9. The summed E-state index contributed by atoms with van der Waals surface area (Å²) in [6, 6.07) is 13.3. The van der Waals surface area contributed by atoms with Crippen LogP contribution in [0.2, 0.25) is 0 Å². The Morgan fingerprint density at radius 2 is 2.02 bits per heavy atom. The molecule has 1 N–H and O–H groups in total. The molecule has 5 aromatic rings. The summed E-state index contributed by atoms with van der Waals surface area (Å²) in [5.74, 6) is -0.238. The van der Waals surface area contributed by atoms with E-state index >= 15 is 0 Å². The van der Waals surface area contributed by atoms with Crippen molar-refractivity contribution < 1.29 is 23.8 Å². The molecule has 11 heteroatoms. The number of hydrogen-bond donors (Lipinski definition) is 1. The van der Waals surface area contributed by atoms with E-state index in [1.807, 2.05) is 34.9 Å². The molecule has 0 bridgehead atoms. The Hall–Kier alpha value is -4.35. The van der Waals surface area contributed by atoms with Gasteiger partial charge in [0.25, 0.3) is 0 Å². The second-order valence-electron chi connectivity index (χ2n) is 11.6. The largest absolute Gasteiger partial charge is 0.487 e. The molecule has 0 amide bonds. The Balaban J connectivity index is 1.15. The van der Waals surface area contributed by atoms with Gasteiger partial charge < -0.3 is 19.1 Å². The van der Waals surface area contributed by atoms with E-state index in [-0.39, 0.29) is 24.3 Å². The summed E-state index contributed by atoms with van der Waals surface area (Å²) in [6.07, 6.45) is 9.49. The maximum Gasteiger partial charge on any atom is 0.335 e. The molecule has 44 heavy (non-hydrogen) atoms. The van der Waals surface area contributed by atoms with Crippen LogP contribution in [0, 0.1) is 0 Å². The number of aryl methyl sites for hydroxylation is 1. The summed E-state index contributed by atoms with van der Waals surface area (Å²) in [5, 5.41) is 15.2. The lowest BCUT2D eigenvalue weighted by Gasteiger charge is -2.36. The fourth-order valence-electron chi connectivity index (χ4n) is 6.38. The van der Waals surface area contributed by atoms with Gasteiger partial charge in [0.2, 0.25) is 0 Å². The number of fused-ring (bicyclic) bond motifs is 2. The maximum atomic E-state index is 13.0. The summed E-state index contributed by atoms with van der Waals surface area (Å²) < 4.78 is 28.7. The number of piperidine rings is 1. The van der Waals surface area contributed by atoms with E-state index in [0.29, 0.717) is 19.7 Å². The third-order valence-corrected chi connectivity index (χ3v) is 8.75. The highest BCUT2D eigenvalue weighted by Crippen LogP contribution is 2.37. The van der Waals surface area contributed by atoms with E-state index in [0.717, 1.165) is 83.3 Å². The summed E-state index contributed by atoms with van der Waals surface area (Å²) in [4.78, 5) is 24.0. The molecule has 7 rings (SSSR count). The smallest absolute Gasteiger partial charge is 0.335 e. The van der Waals surface area contributed by atoms with E-state index in [9.17, 15) is 14.3 Å². The molecule has 0 radical (unpaired) electrons. The van der Waals surface area contributed by atoms with Crippen LogP contribution in [0.4, 0.5) is 4.39 Å². The van der Waals surface area contributed by atoms with Gasteiger partial charge in [0.05, 0.1) is 65.6 Å². The van der Waals surface area contributed by atoms with Crippen LogP contribution >= 0.6 is 0 Å².